The summed E-state index contributed by atoms with van der Waals surface area (Å²) in [6.07, 6.45) is 6.74. The summed E-state index contributed by atoms with van der Waals surface area (Å²) in [6, 6.07) is 12.0. The van der Waals surface area contributed by atoms with Crippen molar-refractivity contribution in [2.45, 2.75) is 0 Å². The molecule has 0 saturated heterocycles. The van der Waals surface area contributed by atoms with Gasteiger partial charge in [-0.2, -0.15) is 19.5 Å². The Morgan fingerprint density at radius 3 is 2.48 bits per heavy atom. The van der Waals surface area contributed by atoms with E-state index in [-0.39, 0.29) is 17.6 Å². The van der Waals surface area contributed by atoms with Gasteiger partial charge in [0, 0.05) is 0 Å². The second kappa shape index (κ2) is 4.96. The van der Waals surface area contributed by atoms with E-state index in [0.717, 1.165) is 0 Å². The lowest BCUT2D eigenvalue weighted by Gasteiger charge is -1.95. The van der Waals surface area contributed by atoms with Crippen LogP contribution in [0.2, 0.25) is 0 Å². The van der Waals surface area contributed by atoms with E-state index < -0.39 is 0 Å². The zero-order valence-corrected chi connectivity index (χ0v) is 11.8. The second-order valence-electron chi connectivity index (χ2n) is 4.76. The van der Waals surface area contributed by atoms with Crippen molar-refractivity contribution in [1.82, 2.24) is 24.6 Å². The number of nitrogen functional groups attached to an aromatic ring is 1. The Balaban J connectivity index is 0.000000186. The fourth-order valence-corrected chi connectivity index (χ4v) is 2.06. The van der Waals surface area contributed by atoms with Gasteiger partial charge in [0.1, 0.15) is 0 Å². The van der Waals surface area contributed by atoms with Crippen molar-refractivity contribution < 1.29 is 4.42 Å². The molecule has 0 fully saturated rings. The molecule has 0 amide bonds. The molecule has 7 nitrogen and oxygen atoms in total. The average Bonchev–Trinajstić information content (AvgIpc) is 3.05. The lowest BCUT2D eigenvalue weighted by Crippen LogP contribution is -2.05. The molecule has 0 radical (unpaired) electrons. The maximum absolute atomic E-state index is 5.68. The van der Waals surface area contributed by atoms with Gasteiger partial charge >= 0.3 is 0 Å². The molecule has 0 aromatic carbocycles. The fraction of sp³-hybridized carbons (Fsp3) is 0. The molecule has 2 aliphatic rings. The number of hydrogen-bond acceptors (Lipinski definition) is 6. The molecule has 0 saturated carbocycles. The number of nitrogens with zero attached hydrogens (tertiary/aromatic N) is 5. The first-order valence-corrected chi connectivity index (χ1v) is 6.76. The topological polar surface area (TPSA) is 95.1 Å². The van der Waals surface area contributed by atoms with Crippen molar-refractivity contribution in [1.29, 1.82) is 0 Å². The number of aromatic nitrogens is 5. The minimum Gasteiger partial charge on any atom is -0.461 e. The van der Waals surface area contributed by atoms with Gasteiger partial charge < -0.3 is 10.2 Å². The monoisotopic (exact) mass is 302 g/mol. The van der Waals surface area contributed by atoms with E-state index in [1.54, 1.807) is 12.1 Å². The number of anilines is 1. The largest absolute Gasteiger partial charge is 0.461 e. The van der Waals surface area contributed by atoms with E-state index in [1.807, 2.05) is 0 Å². The second-order valence-corrected chi connectivity index (χ2v) is 4.76. The van der Waals surface area contributed by atoms with Crippen LogP contribution in [0.4, 0.5) is 5.95 Å². The smallest absolute Gasteiger partial charge is 0.258 e. The van der Waals surface area contributed by atoms with Gasteiger partial charge in [-0.05, 0) is 35.2 Å². The van der Waals surface area contributed by atoms with E-state index in [0.29, 0.717) is 11.6 Å². The molecule has 0 atom stereocenters. The molecule has 110 valence electrons. The van der Waals surface area contributed by atoms with Crippen molar-refractivity contribution in [3.63, 3.8) is 0 Å². The van der Waals surface area contributed by atoms with Crippen LogP contribution in [0.3, 0.4) is 0 Å². The molecule has 3 aromatic heterocycles. The number of nitrogens with two attached hydrogens (primary N) is 1. The molecular formula is C16H10N6O. The molecule has 7 heteroatoms. The maximum Gasteiger partial charge on any atom is 0.258 e. The first kappa shape index (κ1) is 13.0. The first-order chi connectivity index (χ1) is 11.2. The van der Waals surface area contributed by atoms with Crippen molar-refractivity contribution in [2.24, 2.45) is 0 Å². The molecular weight excluding hydrogens is 292 g/mol. The zero-order chi connectivity index (χ0) is 15.8. The summed E-state index contributed by atoms with van der Waals surface area (Å²) in [5.41, 5.74) is 8.53. The number of furan rings is 1. The predicted octanol–water partition coefficient (Wildman–Crippen LogP) is 2.01. The summed E-state index contributed by atoms with van der Waals surface area (Å²) in [6.45, 7) is 0. The molecule has 23 heavy (non-hydrogen) atoms. The third-order valence-corrected chi connectivity index (χ3v) is 3.22. The Labute approximate surface area is 130 Å². The van der Waals surface area contributed by atoms with Crippen LogP contribution in [-0.2, 0) is 0 Å². The van der Waals surface area contributed by atoms with Gasteiger partial charge in [-0.3, -0.25) is 0 Å². The summed E-state index contributed by atoms with van der Waals surface area (Å²) in [4.78, 5) is 12.0. The Bertz CT molecular complexity index is 1030. The number of fused-ring (bicyclic) bond motifs is 2. The fourth-order valence-electron chi connectivity index (χ4n) is 2.06. The van der Waals surface area contributed by atoms with E-state index in [1.165, 1.54) is 21.9 Å². The summed E-state index contributed by atoms with van der Waals surface area (Å²) in [5, 5.41) is 4.12. The molecule has 3 aromatic rings. The van der Waals surface area contributed by atoms with Crippen LogP contribution >= 0.6 is 0 Å². The van der Waals surface area contributed by atoms with Crippen LogP contribution in [0.5, 0.6) is 0 Å². The highest BCUT2D eigenvalue weighted by Gasteiger charge is 2.12. The van der Waals surface area contributed by atoms with Gasteiger partial charge in [0.2, 0.25) is 17.6 Å². The molecule has 0 spiro atoms. The molecule has 5 rings (SSSR count). The zero-order valence-electron chi connectivity index (χ0n) is 11.8. The van der Waals surface area contributed by atoms with Gasteiger partial charge in [-0.15, -0.1) is 11.5 Å². The Hall–Kier alpha value is -3.66. The predicted molar refractivity (Wildman–Crippen MR) is 84.1 cm³/mol. The lowest BCUT2D eigenvalue weighted by molar-refractivity contribution is 0.577. The minimum absolute atomic E-state index is 0.133. The number of hydrogen-bond donors (Lipinski definition) is 1. The maximum atomic E-state index is 5.68. The van der Waals surface area contributed by atoms with Crippen molar-refractivity contribution >= 4 is 11.7 Å². The summed E-state index contributed by atoms with van der Waals surface area (Å²) < 4.78 is 6.48. The minimum atomic E-state index is 0.133. The Morgan fingerprint density at radius 2 is 1.91 bits per heavy atom. The number of rotatable bonds is 1. The van der Waals surface area contributed by atoms with Crippen LogP contribution in [0.1, 0.15) is 5.82 Å². The van der Waals surface area contributed by atoms with Crippen LogP contribution in [0, 0.1) is 12.3 Å². The summed E-state index contributed by atoms with van der Waals surface area (Å²) in [5.74, 6) is 3.80. The van der Waals surface area contributed by atoms with Crippen LogP contribution in [-0.4, -0.2) is 24.6 Å². The summed E-state index contributed by atoms with van der Waals surface area (Å²) >= 11 is 0. The van der Waals surface area contributed by atoms with Gasteiger partial charge in [0.15, 0.2) is 5.76 Å². The molecule has 0 aliphatic heterocycles. The van der Waals surface area contributed by atoms with Crippen LogP contribution in [0.25, 0.3) is 28.5 Å². The summed E-state index contributed by atoms with van der Waals surface area (Å²) in [7, 11) is 0. The van der Waals surface area contributed by atoms with Crippen molar-refractivity contribution in [3.8, 4) is 35.1 Å². The third kappa shape index (κ3) is 2.38. The molecule has 2 aliphatic carbocycles. The van der Waals surface area contributed by atoms with E-state index in [9.17, 15) is 0 Å². The standard InChI is InChI=1S/C10H6N6O.C6H4/c1-2-7-12-9(11)16-10(13-7)14-8(15-16)6-4-3-5-17-6;1-2-5-4-6(5)3-1/h1,3-5H,(H2,11,12,13,14,15);1-4H. The van der Waals surface area contributed by atoms with E-state index >= 15 is 0 Å². The first-order valence-electron chi connectivity index (χ1n) is 6.76. The average molecular weight is 302 g/mol. The highest BCUT2D eigenvalue weighted by atomic mass is 16.3. The van der Waals surface area contributed by atoms with Gasteiger partial charge in [0.25, 0.3) is 5.78 Å². The highest BCUT2D eigenvalue weighted by Crippen LogP contribution is 2.32. The van der Waals surface area contributed by atoms with Gasteiger partial charge in [-0.25, -0.2) is 0 Å². The third-order valence-electron chi connectivity index (χ3n) is 3.22. The van der Waals surface area contributed by atoms with E-state index in [2.05, 4.69) is 50.2 Å². The molecule has 3 heterocycles. The van der Waals surface area contributed by atoms with E-state index in [4.69, 9.17) is 16.6 Å². The number of terminal acetylenes is 1. The van der Waals surface area contributed by atoms with Gasteiger partial charge in [-0.1, -0.05) is 18.2 Å². The lowest BCUT2D eigenvalue weighted by atomic mass is 10.4. The van der Waals surface area contributed by atoms with Crippen molar-refractivity contribution in [2.75, 3.05) is 5.73 Å². The molecule has 0 bridgehead atoms. The highest BCUT2D eigenvalue weighted by molar-refractivity contribution is 5.80. The van der Waals surface area contributed by atoms with Crippen LogP contribution < -0.4 is 5.73 Å². The normalized spacial score (nSPS) is 10.7. The molecule has 0 unspecified atom stereocenters. The SMILES string of the molecule is C#Cc1nc(N)n2nc(-c3ccco3)nc2n1.c1cc2cc-2c1. The van der Waals surface area contributed by atoms with Gasteiger partial charge in [0.05, 0.1) is 6.26 Å². The van der Waals surface area contributed by atoms with Crippen molar-refractivity contribution in [3.05, 3.63) is 48.5 Å². The van der Waals surface area contributed by atoms with Crippen LogP contribution in [0.15, 0.2) is 47.1 Å². The number of benzene rings is 1. The quantitative estimate of drug-likeness (QED) is 0.476. The Kier molecular flexibility index (Phi) is 2.81. The molecule has 2 N–H and O–H groups in total. The Morgan fingerprint density at radius 1 is 1.09 bits per heavy atom.